The molecule has 2 N–H and O–H groups in total. The summed E-state index contributed by atoms with van der Waals surface area (Å²) >= 11 is 0. The molecule has 0 spiro atoms. The van der Waals surface area contributed by atoms with Gasteiger partial charge in [-0.25, -0.2) is 0 Å². The predicted molar refractivity (Wildman–Crippen MR) is 79.0 cm³/mol. The Morgan fingerprint density at radius 2 is 2.00 bits per heavy atom. The van der Waals surface area contributed by atoms with E-state index in [1.54, 1.807) is 0 Å². The number of carbonyl (C=O) groups is 1. The van der Waals surface area contributed by atoms with Gasteiger partial charge in [-0.1, -0.05) is 33.1 Å². The third-order valence-electron chi connectivity index (χ3n) is 4.94. The normalized spacial score (nSPS) is 32.4. The van der Waals surface area contributed by atoms with Gasteiger partial charge in [-0.15, -0.1) is 0 Å². The first-order valence-electron chi connectivity index (χ1n) is 8.31. The first kappa shape index (κ1) is 14.8. The van der Waals surface area contributed by atoms with Gasteiger partial charge < -0.3 is 10.6 Å². The van der Waals surface area contributed by atoms with Crippen molar-refractivity contribution >= 4 is 5.91 Å². The second-order valence-corrected chi connectivity index (χ2v) is 6.35. The third kappa shape index (κ3) is 3.95. The van der Waals surface area contributed by atoms with Gasteiger partial charge in [-0.05, 0) is 44.4 Å². The van der Waals surface area contributed by atoms with Crippen molar-refractivity contribution in [1.29, 1.82) is 0 Å². The number of fused-ring (bicyclic) bond motifs is 1. The summed E-state index contributed by atoms with van der Waals surface area (Å²) in [6, 6.07) is 1.03. The predicted octanol–water partition coefficient (Wildman–Crippen LogP) is 2.99. The molecule has 19 heavy (non-hydrogen) atoms. The molecule has 4 atom stereocenters. The first-order valence-corrected chi connectivity index (χ1v) is 8.31. The van der Waals surface area contributed by atoms with E-state index in [2.05, 4.69) is 24.5 Å². The number of hydrogen-bond donors (Lipinski definition) is 2. The summed E-state index contributed by atoms with van der Waals surface area (Å²) in [5.41, 5.74) is 0. The number of rotatable bonds is 5. The monoisotopic (exact) mass is 266 g/mol. The van der Waals surface area contributed by atoms with Gasteiger partial charge in [0, 0.05) is 12.1 Å². The van der Waals surface area contributed by atoms with E-state index in [4.69, 9.17) is 0 Å². The van der Waals surface area contributed by atoms with Crippen molar-refractivity contribution in [3.05, 3.63) is 0 Å². The Balaban J connectivity index is 1.82. The highest BCUT2D eigenvalue weighted by Crippen LogP contribution is 2.32. The van der Waals surface area contributed by atoms with Crippen LogP contribution in [0.15, 0.2) is 0 Å². The third-order valence-corrected chi connectivity index (χ3v) is 4.94. The Hall–Kier alpha value is -0.570. The zero-order chi connectivity index (χ0) is 13.7. The van der Waals surface area contributed by atoms with Crippen LogP contribution in [0.5, 0.6) is 0 Å². The van der Waals surface area contributed by atoms with Crippen molar-refractivity contribution in [2.75, 3.05) is 0 Å². The summed E-state index contributed by atoms with van der Waals surface area (Å²) in [6.07, 6.45) is 10.9. The number of nitrogens with one attached hydrogen (secondary N) is 2. The molecule has 0 bridgehead atoms. The summed E-state index contributed by atoms with van der Waals surface area (Å²) in [4.78, 5) is 12.3. The zero-order valence-corrected chi connectivity index (χ0v) is 12.6. The van der Waals surface area contributed by atoms with E-state index in [0.29, 0.717) is 12.1 Å². The molecule has 0 aromatic carbocycles. The molecule has 2 aliphatic rings. The van der Waals surface area contributed by atoms with Gasteiger partial charge >= 0.3 is 0 Å². The fraction of sp³-hybridized carbons (Fsp3) is 0.938. The van der Waals surface area contributed by atoms with Gasteiger partial charge in [0.25, 0.3) is 0 Å². The van der Waals surface area contributed by atoms with Crippen molar-refractivity contribution < 1.29 is 4.79 Å². The van der Waals surface area contributed by atoms with Crippen molar-refractivity contribution in [1.82, 2.24) is 10.6 Å². The van der Waals surface area contributed by atoms with Crippen LogP contribution in [0, 0.1) is 5.92 Å². The van der Waals surface area contributed by atoms with Crippen LogP contribution in [0.2, 0.25) is 0 Å². The quantitative estimate of drug-likeness (QED) is 0.803. The van der Waals surface area contributed by atoms with Crippen LogP contribution < -0.4 is 10.6 Å². The number of piperidine rings is 1. The van der Waals surface area contributed by atoms with Gasteiger partial charge in [0.05, 0.1) is 6.04 Å². The lowest BCUT2D eigenvalue weighted by Gasteiger charge is -2.40. The second-order valence-electron chi connectivity index (χ2n) is 6.35. The van der Waals surface area contributed by atoms with Gasteiger partial charge in [0.15, 0.2) is 0 Å². The number of carbonyl (C=O) groups excluding carboxylic acids is 1. The number of amides is 1. The fourth-order valence-electron chi connectivity index (χ4n) is 3.73. The van der Waals surface area contributed by atoms with Crippen molar-refractivity contribution in [2.45, 2.75) is 89.8 Å². The van der Waals surface area contributed by atoms with Crippen LogP contribution in [0.4, 0.5) is 0 Å². The molecule has 0 aromatic heterocycles. The Morgan fingerprint density at radius 1 is 1.21 bits per heavy atom. The lowest BCUT2D eigenvalue weighted by Crippen LogP contribution is -2.56. The molecule has 1 heterocycles. The first-order chi connectivity index (χ1) is 9.24. The van der Waals surface area contributed by atoms with Crippen molar-refractivity contribution in [3.63, 3.8) is 0 Å². The van der Waals surface area contributed by atoms with Crippen LogP contribution in [0.1, 0.15) is 71.6 Å². The second kappa shape index (κ2) is 7.28. The summed E-state index contributed by atoms with van der Waals surface area (Å²) in [7, 11) is 0. The van der Waals surface area contributed by atoms with Crippen LogP contribution in [0.25, 0.3) is 0 Å². The van der Waals surface area contributed by atoms with E-state index in [0.717, 1.165) is 31.6 Å². The molecule has 0 radical (unpaired) electrons. The Bertz CT molecular complexity index is 292. The van der Waals surface area contributed by atoms with E-state index in [1.807, 2.05) is 0 Å². The molecule has 4 unspecified atom stereocenters. The molecule has 110 valence electrons. The van der Waals surface area contributed by atoms with E-state index in [9.17, 15) is 4.79 Å². The topological polar surface area (TPSA) is 41.1 Å². The summed E-state index contributed by atoms with van der Waals surface area (Å²) < 4.78 is 0. The molecule has 1 aliphatic carbocycles. The standard InChI is InChI=1S/C16H30N2O/c1-3-7-13(4-2)17-16(19)15-11-10-12-8-5-6-9-14(12)18-15/h12-15,18H,3-11H2,1-2H3,(H,17,19). The highest BCUT2D eigenvalue weighted by molar-refractivity contribution is 5.82. The molecular formula is C16H30N2O. The lowest BCUT2D eigenvalue weighted by molar-refractivity contribution is -0.125. The van der Waals surface area contributed by atoms with E-state index in [1.165, 1.54) is 32.1 Å². The molecule has 1 amide bonds. The van der Waals surface area contributed by atoms with Crippen LogP contribution >= 0.6 is 0 Å². The van der Waals surface area contributed by atoms with Gasteiger partial charge in [0.2, 0.25) is 5.91 Å². The minimum absolute atomic E-state index is 0.0604. The smallest absolute Gasteiger partial charge is 0.237 e. The average molecular weight is 266 g/mol. The zero-order valence-electron chi connectivity index (χ0n) is 12.6. The Kier molecular flexibility index (Phi) is 5.68. The molecule has 0 aromatic rings. The number of hydrogen-bond acceptors (Lipinski definition) is 2. The Labute approximate surface area is 117 Å². The Morgan fingerprint density at radius 3 is 2.74 bits per heavy atom. The molecular weight excluding hydrogens is 236 g/mol. The molecule has 2 fully saturated rings. The minimum atomic E-state index is 0.0604. The largest absolute Gasteiger partial charge is 0.352 e. The lowest BCUT2D eigenvalue weighted by atomic mass is 9.77. The van der Waals surface area contributed by atoms with Crippen molar-refractivity contribution in [2.24, 2.45) is 5.92 Å². The SMILES string of the molecule is CCCC(CC)NC(=O)C1CCC2CCCCC2N1. The summed E-state index contributed by atoms with van der Waals surface area (Å²) in [5, 5.41) is 6.85. The van der Waals surface area contributed by atoms with Crippen LogP contribution in [0.3, 0.4) is 0 Å². The molecule has 1 saturated heterocycles. The molecule has 1 saturated carbocycles. The molecule has 2 rings (SSSR count). The fourth-order valence-corrected chi connectivity index (χ4v) is 3.73. The van der Waals surface area contributed by atoms with E-state index < -0.39 is 0 Å². The summed E-state index contributed by atoms with van der Waals surface area (Å²) in [5.74, 6) is 1.07. The molecule has 3 heteroatoms. The highest BCUT2D eigenvalue weighted by Gasteiger charge is 2.34. The van der Waals surface area contributed by atoms with Crippen LogP contribution in [-0.4, -0.2) is 24.0 Å². The van der Waals surface area contributed by atoms with Crippen LogP contribution in [-0.2, 0) is 4.79 Å². The van der Waals surface area contributed by atoms with Crippen molar-refractivity contribution in [3.8, 4) is 0 Å². The maximum absolute atomic E-state index is 12.3. The minimum Gasteiger partial charge on any atom is -0.352 e. The van der Waals surface area contributed by atoms with Gasteiger partial charge in [-0.2, -0.15) is 0 Å². The molecule has 1 aliphatic heterocycles. The van der Waals surface area contributed by atoms with Gasteiger partial charge in [-0.3, -0.25) is 4.79 Å². The average Bonchev–Trinajstić information content (AvgIpc) is 2.46. The van der Waals surface area contributed by atoms with E-state index >= 15 is 0 Å². The molecule has 3 nitrogen and oxygen atoms in total. The highest BCUT2D eigenvalue weighted by atomic mass is 16.2. The maximum atomic E-state index is 12.3. The maximum Gasteiger partial charge on any atom is 0.237 e. The van der Waals surface area contributed by atoms with E-state index in [-0.39, 0.29) is 11.9 Å². The van der Waals surface area contributed by atoms with Gasteiger partial charge in [0.1, 0.15) is 0 Å². The summed E-state index contributed by atoms with van der Waals surface area (Å²) in [6.45, 7) is 4.34.